The van der Waals surface area contributed by atoms with Gasteiger partial charge in [0.2, 0.25) is 0 Å². The predicted molar refractivity (Wildman–Crippen MR) is 124 cm³/mol. The Bertz CT molecular complexity index is 1050. The molecule has 0 aromatic heterocycles. The maximum Gasteiger partial charge on any atom is 0.338 e. The molecule has 2 heterocycles. The summed E-state index contributed by atoms with van der Waals surface area (Å²) >= 11 is 1.49. The van der Waals surface area contributed by atoms with Gasteiger partial charge in [-0.25, -0.2) is 9.59 Å². The predicted octanol–water partition coefficient (Wildman–Crippen LogP) is 3.82. The van der Waals surface area contributed by atoms with Crippen LogP contribution in [0.3, 0.4) is 0 Å². The molecule has 0 aliphatic carbocycles. The normalized spacial score (nSPS) is 17.5. The molecule has 4 rings (SSSR count). The zero-order valence-electron chi connectivity index (χ0n) is 18.5. The Labute approximate surface area is 196 Å². The standard InChI is InChI=1S/C24H26N2O6S/c1-3-30-23(27)21-18(14-33-17-9-10-19-20(13-17)32-12-4-11-31-19)25-24(28)26-22(21)15-5-7-16(29-2)8-6-15/h5-10,13,22H,3-4,11-12,14H2,1-2H3,(H2,25,26,28). The van der Waals surface area contributed by atoms with Gasteiger partial charge in [-0.15, -0.1) is 11.8 Å². The van der Waals surface area contributed by atoms with Crippen molar-refractivity contribution in [3.8, 4) is 17.2 Å². The van der Waals surface area contributed by atoms with E-state index in [4.69, 9.17) is 18.9 Å². The van der Waals surface area contributed by atoms with Crippen LogP contribution in [0.25, 0.3) is 0 Å². The van der Waals surface area contributed by atoms with Crippen LogP contribution in [0.2, 0.25) is 0 Å². The number of amides is 2. The van der Waals surface area contributed by atoms with Gasteiger partial charge in [0.15, 0.2) is 11.5 Å². The van der Waals surface area contributed by atoms with Crippen LogP contribution in [0.1, 0.15) is 24.9 Å². The van der Waals surface area contributed by atoms with Crippen LogP contribution in [0.4, 0.5) is 4.79 Å². The van der Waals surface area contributed by atoms with Crippen molar-refractivity contribution in [2.45, 2.75) is 24.3 Å². The van der Waals surface area contributed by atoms with E-state index in [0.29, 0.717) is 41.7 Å². The summed E-state index contributed by atoms with van der Waals surface area (Å²) < 4.78 is 22.0. The third-order valence-corrected chi connectivity index (χ3v) is 6.22. The molecule has 0 saturated heterocycles. The van der Waals surface area contributed by atoms with E-state index in [0.717, 1.165) is 22.6 Å². The largest absolute Gasteiger partial charge is 0.497 e. The number of methoxy groups -OCH3 is 1. The van der Waals surface area contributed by atoms with Crippen molar-refractivity contribution < 1.29 is 28.5 Å². The number of esters is 1. The fraction of sp³-hybridized carbons (Fsp3) is 0.333. The van der Waals surface area contributed by atoms with Gasteiger partial charge in [0.1, 0.15) is 5.75 Å². The first-order valence-electron chi connectivity index (χ1n) is 10.7. The Hall–Kier alpha value is -3.33. The molecule has 2 aliphatic heterocycles. The molecule has 2 aromatic rings. The number of hydrogen-bond donors (Lipinski definition) is 2. The molecule has 174 valence electrons. The van der Waals surface area contributed by atoms with E-state index in [2.05, 4.69) is 10.6 Å². The van der Waals surface area contributed by atoms with Crippen LogP contribution >= 0.6 is 11.8 Å². The molecule has 33 heavy (non-hydrogen) atoms. The summed E-state index contributed by atoms with van der Waals surface area (Å²) in [6, 6.07) is 11.9. The first kappa shape index (κ1) is 22.8. The lowest BCUT2D eigenvalue weighted by molar-refractivity contribution is -0.139. The molecule has 8 nitrogen and oxygen atoms in total. The van der Waals surface area contributed by atoms with E-state index in [9.17, 15) is 9.59 Å². The highest BCUT2D eigenvalue weighted by atomic mass is 32.2. The Morgan fingerprint density at radius 2 is 1.88 bits per heavy atom. The second-order valence-electron chi connectivity index (χ2n) is 7.37. The highest BCUT2D eigenvalue weighted by Gasteiger charge is 2.33. The molecule has 0 bridgehead atoms. The lowest BCUT2D eigenvalue weighted by Crippen LogP contribution is -2.46. The van der Waals surface area contributed by atoms with E-state index in [1.165, 1.54) is 11.8 Å². The highest BCUT2D eigenvalue weighted by Crippen LogP contribution is 2.36. The average Bonchev–Trinajstić information content (AvgIpc) is 3.07. The number of carbonyl (C=O) groups excluding carboxylic acids is 2. The number of fused-ring (bicyclic) bond motifs is 1. The number of benzene rings is 2. The van der Waals surface area contributed by atoms with Crippen molar-refractivity contribution >= 4 is 23.8 Å². The zero-order valence-corrected chi connectivity index (χ0v) is 19.3. The quantitative estimate of drug-likeness (QED) is 0.469. The third kappa shape index (κ3) is 5.36. The molecule has 0 radical (unpaired) electrons. The Kier molecular flexibility index (Phi) is 7.29. The summed E-state index contributed by atoms with van der Waals surface area (Å²) in [7, 11) is 1.58. The minimum atomic E-state index is -0.636. The van der Waals surface area contributed by atoms with Gasteiger partial charge in [-0.3, -0.25) is 0 Å². The van der Waals surface area contributed by atoms with E-state index < -0.39 is 12.0 Å². The summed E-state index contributed by atoms with van der Waals surface area (Å²) in [5.41, 5.74) is 1.64. The molecule has 2 aliphatic rings. The van der Waals surface area contributed by atoms with E-state index in [1.54, 1.807) is 26.2 Å². The van der Waals surface area contributed by atoms with Gasteiger partial charge in [-0.2, -0.15) is 0 Å². The summed E-state index contributed by atoms with van der Waals surface area (Å²) in [6.07, 6.45) is 0.832. The van der Waals surface area contributed by atoms with Crippen molar-refractivity contribution in [2.75, 3.05) is 32.7 Å². The SMILES string of the molecule is CCOC(=O)C1=C(CSc2ccc3c(c2)OCCCO3)NC(=O)NC1c1ccc(OC)cc1. The molecule has 2 N–H and O–H groups in total. The van der Waals surface area contributed by atoms with E-state index in [1.807, 2.05) is 30.3 Å². The highest BCUT2D eigenvalue weighted by molar-refractivity contribution is 7.99. The first-order chi connectivity index (χ1) is 16.1. The van der Waals surface area contributed by atoms with Gasteiger partial charge in [0.05, 0.1) is 38.5 Å². The van der Waals surface area contributed by atoms with Gasteiger partial charge in [-0.1, -0.05) is 12.1 Å². The van der Waals surface area contributed by atoms with Crippen LogP contribution in [-0.2, 0) is 9.53 Å². The summed E-state index contributed by atoms with van der Waals surface area (Å²) in [4.78, 5) is 26.3. The van der Waals surface area contributed by atoms with E-state index >= 15 is 0 Å². The number of thioether (sulfide) groups is 1. The van der Waals surface area contributed by atoms with Crippen molar-refractivity contribution in [1.29, 1.82) is 0 Å². The van der Waals surface area contributed by atoms with Gasteiger partial charge >= 0.3 is 12.0 Å². The number of hydrogen-bond acceptors (Lipinski definition) is 7. The minimum absolute atomic E-state index is 0.230. The number of ether oxygens (including phenoxy) is 4. The molecule has 0 fully saturated rings. The van der Waals surface area contributed by atoms with Crippen molar-refractivity contribution in [1.82, 2.24) is 10.6 Å². The zero-order chi connectivity index (χ0) is 23.2. The van der Waals surface area contributed by atoms with Crippen LogP contribution in [-0.4, -0.2) is 44.7 Å². The van der Waals surface area contributed by atoms with Crippen LogP contribution in [0, 0.1) is 0 Å². The maximum atomic E-state index is 12.9. The fourth-order valence-electron chi connectivity index (χ4n) is 3.62. The van der Waals surface area contributed by atoms with Crippen LogP contribution < -0.4 is 24.8 Å². The monoisotopic (exact) mass is 470 g/mol. The fourth-order valence-corrected chi connectivity index (χ4v) is 4.51. The third-order valence-electron chi connectivity index (χ3n) is 5.20. The van der Waals surface area contributed by atoms with Gasteiger partial charge in [-0.05, 0) is 42.8 Å². The lowest BCUT2D eigenvalue weighted by Gasteiger charge is -2.29. The molecule has 2 aromatic carbocycles. The van der Waals surface area contributed by atoms with Gasteiger partial charge in [0.25, 0.3) is 0 Å². The molecule has 1 unspecified atom stereocenters. The number of urea groups is 1. The maximum absolute atomic E-state index is 12.9. The molecular formula is C24H26N2O6S. The first-order valence-corrected chi connectivity index (χ1v) is 11.7. The minimum Gasteiger partial charge on any atom is -0.497 e. The van der Waals surface area contributed by atoms with Crippen LogP contribution in [0.15, 0.2) is 58.6 Å². The van der Waals surface area contributed by atoms with Gasteiger partial charge < -0.3 is 29.6 Å². The Balaban J connectivity index is 1.62. The van der Waals surface area contributed by atoms with Crippen molar-refractivity contribution in [2.24, 2.45) is 0 Å². The van der Waals surface area contributed by atoms with Gasteiger partial charge in [0, 0.05) is 22.8 Å². The number of carbonyl (C=O) groups is 2. The van der Waals surface area contributed by atoms with Crippen molar-refractivity contribution in [3.63, 3.8) is 0 Å². The van der Waals surface area contributed by atoms with Crippen molar-refractivity contribution in [3.05, 3.63) is 59.3 Å². The van der Waals surface area contributed by atoms with Crippen LogP contribution in [0.5, 0.6) is 17.2 Å². The average molecular weight is 471 g/mol. The summed E-state index contributed by atoms with van der Waals surface area (Å²) in [5.74, 6) is 2.00. The Morgan fingerprint density at radius 1 is 1.12 bits per heavy atom. The molecule has 2 amide bonds. The smallest absolute Gasteiger partial charge is 0.338 e. The second-order valence-corrected chi connectivity index (χ2v) is 8.41. The van der Waals surface area contributed by atoms with E-state index in [-0.39, 0.29) is 12.6 Å². The molecule has 0 spiro atoms. The molecule has 0 saturated carbocycles. The molecule has 1 atom stereocenters. The number of rotatable bonds is 7. The molecule has 9 heteroatoms. The topological polar surface area (TPSA) is 95.1 Å². The molecular weight excluding hydrogens is 444 g/mol. The summed E-state index contributed by atoms with van der Waals surface area (Å²) in [6.45, 7) is 3.21. The Morgan fingerprint density at radius 3 is 2.61 bits per heavy atom. The second kappa shape index (κ2) is 10.5. The number of nitrogens with one attached hydrogen (secondary N) is 2. The lowest BCUT2D eigenvalue weighted by atomic mass is 9.95. The summed E-state index contributed by atoms with van der Waals surface area (Å²) in [5, 5.41) is 5.64.